The molecule has 8 nitrogen and oxygen atoms in total. The highest BCUT2D eigenvalue weighted by Crippen LogP contribution is 2.39. The van der Waals surface area contributed by atoms with Crippen molar-refractivity contribution in [1.82, 2.24) is 29.7 Å². The van der Waals surface area contributed by atoms with Crippen molar-refractivity contribution in [3.8, 4) is 0 Å². The maximum absolute atomic E-state index is 5.25. The van der Waals surface area contributed by atoms with E-state index in [-0.39, 0.29) is 6.04 Å². The Morgan fingerprint density at radius 1 is 1.28 bits per heavy atom. The second kappa shape index (κ2) is 7.44. The molecule has 4 aromatic rings. The second-order valence-corrected chi connectivity index (χ2v) is 7.72. The summed E-state index contributed by atoms with van der Waals surface area (Å²) in [6.07, 6.45) is 5.17. The van der Waals surface area contributed by atoms with Crippen LogP contribution in [0.3, 0.4) is 0 Å². The molecular weight excluding hydrogens is 366 g/mol. The van der Waals surface area contributed by atoms with Gasteiger partial charge in [0, 0.05) is 25.8 Å². The van der Waals surface area contributed by atoms with Gasteiger partial charge in [-0.25, -0.2) is 19.6 Å². The van der Waals surface area contributed by atoms with Crippen LogP contribution in [0.15, 0.2) is 30.5 Å². The zero-order valence-electron chi connectivity index (χ0n) is 16.7. The molecule has 0 saturated heterocycles. The molecule has 1 aromatic carbocycles. The first-order valence-corrected chi connectivity index (χ1v) is 10.1. The quantitative estimate of drug-likeness (QED) is 0.475. The van der Waals surface area contributed by atoms with Gasteiger partial charge in [0.05, 0.1) is 29.3 Å². The van der Waals surface area contributed by atoms with Gasteiger partial charge in [-0.1, -0.05) is 12.1 Å². The van der Waals surface area contributed by atoms with Crippen molar-refractivity contribution in [2.75, 3.05) is 19.0 Å². The first-order valence-electron chi connectivity index (χ1n) is 10.1. The minimum absolute atomic E-state index is 0.169. The van der Waals surface area contributed by atoms with Crippen molar-refractivity contribution in [3.63, 3.8) is 0 Å². The molecule has 3 heterocycles. The summed E-state index contributed by atoms with van der Waals surface area (Å²) >= 11 is 0. The SMILES string of the molecule is COCCC(C)n1nc(NCc2nc3ccccc3[nH]2)c2ncc(C3CC3)nc21. The van der Waals surface area contributed by atoms with Crippen molar-refractivity contribution < 1.29 is 4.74 Å². The van der Waals surface area contributed by atoms with Crippen LogP contribution >= 0.6 is 0 Å². The average molecular weight is 391 g/mol. The number of aromatic nitrogens is 6. The zero-order chi connectivity index (χ0) is 19.8. The van der Waals surface area contributed by atoms with Gasteiger partial charge in [-0.05, 0) is 38.3 Å². The third kappa shape index (κ3) is 3.55. The van der Waals surface area contributed by atoms with E-state index < -0.39 is 0 Å². The van der Waals surface area contributed by atoms with Gasteiger partial charge in [-0.3, -0.25) is 0 Å². The normalized spacial score (nSPS) is 15.2. The number of aromatic amines is 1. The maximum atomic E-state index is 5.25. The van der Waals surface area contributed by atoms with Gasteiger partial charge >= 0.3 is 0 Å². The summed E-state index contributed by atoms with van der Waals surface area (Å²) in [5, 5.41) is 8.22. The summed E-state index contributed by atoms with van der Waals surface area (Å²) in [7, 11) is 1.72. The molecule has 0 bridgehead atoms. The smallest absolute Gasteiger partial charge is 0.179 e. The Morgan fingerprint density at radius 2 is 2.14 bits per heavy atom. The Balaban J connectivity index is 1.45. The summed E-state index contributed by atoms with van der Waals surface area (Å²) in [6, 6.07) is 8.19. The molecule has 1 aliphatic rings. The molecule has 1 atom stereocenters. The Kier molecular flexibility index (Phi) is 4.63. The van der Waals surface area contributed by atoms with Crippen LogP contribution in [0.4, 0.5) is 5.82 Å². The number of H-pyrrole nitrogens is 1. The van der Waals surface area contributed by atoms with Crippen LogP contribution in [0, 0.1) is 0 Å². The van der Waals surface area contributed by atoms with E-state index in [1.54, 1.807) is 7.11 Å². The number of imidazole rings is 1. The van der Waals surface area contributed by atoms with Crippen LogP contribution in [-0.2, 0) is 11.3 Å². The van der Waals surface area contributed by atoms with Crippen LogP contribution in [-0.4, -0.2) is 43.4 Å². The van der Waals surface area contributed by atoms with E-state index in [1.807, 2.05) is 35.1 Å². The van der Waals surface area contributed by atoms with Crippen molar-refractivity contribution in [1.29, 1.82) is 0 Å². The van der Waals surface area contributed by atoms with Gasteiger partial charge in [-0.2, -0.15) is 5.10 Å². The van der Waals surface area contributed by atoms with E-state index in [0.29, 0.717) is 19.1 Å². The zero-order valence-corrected chi connectivity index (χ0v) is 16.7. The number of ether oxygens (including phenoxy) is 1. The van der Waals surface area contributed by atoms with Gasteiger partial charge in [0.25, 0.3) is 0 Å². The van der Waals surface area contributed by atoms with E-state index >= 15 is 0 Å². The summed E-state index contributed by atoms with van der Waals surface area (Å²) < 4.78 is 7.23. The Bertz CT molecular complexity index is 1110. The molecule has 0 spiro atoms. The minimum Gasteiger partial charge on any atom is -0.385 e. The molecule has 150 valence electrons. The first-order chi connectivity index (χ1) is 14.2. The molecule has 5 rings (SSSR count). The lowest BCUT2D eigenvalue weighted by molar-refractivity contribution is 0.179. The molecule has 0 amide bonds. The number of methoxy groups -OCH3 is 1. The summed E-state index contributed by atoms with van der Waals surface area (Å²) in [5.41, 5.74) is 4.70. The summed E-state index contributed by atoms with van der Waals surface area (Å²) in [4.78, 5) is 17.6. The number of benzene rings is 1. The highest BCUT2D eigenvalue weighted by Gasteiger charge is 2.27. The van der Waals surface area contributed by atoms with Gasteiger partial charge < -0.3 is 15.0 Å². The number of rotatable bonds is 8. The van der Waals surface area contributed by atoms with Crippen LogP contribution in [0.25, 0.3) is 22.2 Å². The Hall–Kier alpha value is -3.00. The van der Waals surface area contributed by atoms with E-state index in [4.69, 9.17) is 19.8 Å². The van der Waals surface area contributed by atoms with E-state index in [2.05, 4.69) is 22.2 Å². The number of hydrogen-bond donors (Lipinski definition) is 2. The van der Waals surface area contributed by atoms with Crippen LogP contribution in [0.5, 0.6) is 0 Å². The third-order valence-corrected chi connectivity index (χ3v) is 5.44. The molecule has 1 fully saturated rings. The second-order valence-electron chi connectivity index (χ2n) is 7.72. The molecule has 8 heteroatoms. The van der Waals surface area contributed by atoms with Crippen molar-refractivity contribution >= 4 is 28.0 Å². The fourth-order valence-corrected chi connectivity index (χ4v) is 3.59. The van der Waals surface area contributed by atoms with Gasteiger partial charge in [-0.15, -0.1) is 0 Å². The largest absolute Gasteiger partial charge is 0.385 e. The molecule has 0 aliphatic heterocycles. The number of para-hydroxylation sites is 2. The van der Waals surface area contributed by atoms with Crippen molar-refractivity contribution in [3.05, 3.63) is 42.0 Å². The maximum Gasteiger partial charge on any atom is 0.179 e. The molecule has 1 unspecified atom stereocenters. The van der Waals surface area contributed by atoms with Crippen LogP contribution < -0.4 is 5.32 Å². The molecule has 1 aliphatic carbocycles. The fourth-order valence-electron chi connectivity index (χ4n) is 3.59. The third-order valence-electron chi connectivity index (χ3n) is 5.44. The van der Waals surface area contributed by atoms with E-state index in [0.717, 1.165) is 46.0 Å². The van der Waals surface area contributed by atoms with Gasteiger partial charge in [0.1, 0.15) is 5.82 Å². The van der Waals surface area contributed by atoms with Crippen molar-refractivity contribution in [2.45, 2.75) is 44.7 Å². The number of fused-ring (bicyclic) bond motifs is 2. The molecule has 1 saturated carbocycles. The topological polar surface area (TPSA) is 93.5 Å². The molecular formula is C21H25N7O. The van der Waals surface area contributed by atoms with Gasteiger partial charge in [0.2, 0.25) is 0 Å². The lowest BCUT2D eigenvalue weighted by Crippen LogP contribution is -2.11. The highest BCUT2D eigenvalue weighted by molar-refractivity contribution is 5.83. The first kappa shape index (κ1) is 18.1. The molecule has 3 aromatic heterocycles. The average Bonchev–Trinajstić information content (AvgIpc) is 3.41. The number of anilines is 1. The summed E-state index contributed by atoms with van der Waals surface area (Å²) in [5.74, 6) is 2.15. The van der Waals surface area contributed by atoms with Gasteiger partial charge in [0.15, 0.2) is 17.0 Å². The lowest BCUT2D eigenvalue weighted by Gasteiger charge is -2.12. The highest BCUT2D eigenvalue weighted by atomic mass is 16.5. The Labute approximate surface area is 168 Å². The fraction of sp³-hybridized carbons (Fsp3) is 0.429. The molecule has 2 N–H and O–H groups in total. The van der Waals surface area contributed by atoms with E-state index in [9.17, 15) is 0 Å². The predicted octanol–water partition coefficient (Wildman–Crippen LogP) is 3.79. The monoisotopic (exact) mass is 391 g/mol. The number of hydrogen-bond acceptors (Lipinski definition) is 6. The number of nitrogens with one attached hydrogen (secondary N) is 2. The lowest BCUT2D eigenvalue weighted by atomic mass is 10.2. The standard InChI is InChI=1S/C21H25N7O/c1-13(9-10-29-2)28-21-19(22-11-17(26-21)14-7-8-14)20(27-28)23-12-18-24-15-5-3-4-6-16(15)25-18/h3-6,11,13-14H,7-10,12H2,1-2H3,(H,23,27)(H,24,25). The number of nitrogens with zero attached hydrogens (tertiary/aromatic N) is 5. The predicted molar refractivity (Wildman–Crippen MR) is 112 cm³/mol. The molecule has 0 radical (unpaired) electrons. The Morgan fingerprint density at radius 3 is 2.93 bits per heavy atom. The van der Waals surface area contributed by atoms with Crippen LogP contribution in [0.2, 0.25) is 0 Å². The minimum atomic E-state index is 0.169. The van der Waals surface area contributed by atoms with Crippen LogP contribution in [0.1, 0.15) is 49.7 Å². The molecule has 29 heavy (non-hydrogen) atoms. The van der Waals surface area contributed by atoms with Crippen molar-refractivity contribution in [2.24, 2.45) is 0 Å². The van der Waals surface area contributed by atoms with E-state index in [1.165, 1.54) is 12.8 Å². The summed E-state index contributed by atoms with van der Waals surface area (Å²) in [6.45, 7) is 3.36.